The number of unbranched alkanes of at least 4 members (excludes halogenated alkanes) is 3. The summed E-state index contributed by atoms with van der Waals surface area (Å²) in [5.41, 5.74) is 3.51. The summed E-state index contributed by atoms with van der Waals surface area (Å²) in [6.07, 6.45) is 5.74. The number of hydrogen-bond donors (Lipinski definition) is 0. The summed E-state index contributed by atoms with van der Waals surface area (Å²) in [5.74, 6) is 1.47. The van der Waals surface area contributed by atoms with Crippen molar-refractivity contribution >= 4 is 17.4 Å². The van der Waals surface area contributed by atoms with E-state index in [1.165, 1.54) is 0 Å². The van der Waals surface area contributed by atoms with E-state index in [1.54, 1.807) is 14.0 Å². The zero-order chi connectivity index (χ0) is 21.5. The van der Waals surface area contributed by atoms with Crippen molar-refractivity contribution in [1.82, 2.24) is 9.38 Å². The number of nitrogens with zero attached hydrogens (tertiary/aromatic N) is 4. The molecule has 0 fully saturated rings. The Labute approximate surface area is 177 Å². The molecule has 0 aliphatic heterocycles. The molecule has 0 saturated carbocycles. The van der Waals surface area contributed by atoms with Crippen molar-refractivity contribution in [3.8, 4) is 17.0 Å². The molecule has 0 saturated heterocycles. The van der Waals surface area contributed by atoms with E-state index < -0.39 is 0 Å². The number of amides is 1. The smallest absolute Gasteiger partial charge is 0.225 e. The summed E-state index contributed by atoms with van der Waals surface area (Å²) in [5, 5.41) is 0. The van der Waals surface area contributed by atoms with Gasteiger partial charge in [0.1, 0.15) is 22.9 Å². The molecule has 2 aromatic heterocycles. The van der Waals surface area contributed by atoms with Crippen molar-refractivity contribution < 1.29 is 9.53 Å². The van der Waals surface area contributed by atoms with Gasteiger partial charge in [-0.2, -0.15) is 0 Å². The summed E-state index contributed by atoms with van der Waals surface area (Å²) in [7, 11) is 1.64. The van der Waals surface area contributed by atoms with Gasteiger partial charge in [-0.05, 0) is 49.6 Å². The highest BCUT2D eigenvalue weighted by Crippen LogP contribution is 2.37. The first kappa shape index (κ1) is 21.4. The van der Waals surface area contributed by atoms with Crippen LogP contribution in [0.4, 0.5) is 5.82 Å². The van der Waals surface area contributed by atoms with Gasteiger partial charge in [0.2, 0.25) is 12.5 Å². The molecule has 0 unspecified atom stereocenters. The predicted octanol–water partition coefficient (Wildman–Crippen LogP) is 5.15. The normalized spacial score (nSPS) is 10.7. The molecule has 0 atom stereocenters. The number of methoxy groups -OCH3 is 1. The summed E-state index contributed by atoms with van der Waals surface area (Å²) in [6, 6.07) is 11.8. The number of aromatic nitrogens is 2. The lowest BCUT2D eigenvalue weighted by Crippen LogP contribution is -2.31. The molecule has 30 heavy (non-hydrogen) atoms. The zero-order valence-electron chi connectivity index (χ0n) is 17.9. The maximum Gasteiger partial charge on any atom is 0.225 e. The van der Waals surface area contributed by atoms with Crippen LogP contribution in [0.15, 0.2) is 42.6 Å². The van der Waals surface area contributed by atoms with Crippen molar-refractivity contribution in [3.05, 3.63) is 59.6 Å². The van der Waals surface area contributed by atoms with Crippen LogP contribution in [0.3, 0.4) is 0 Å². The maximum atomic E-state index is 12.7. The highest BCUT2D eigenvalue weighted by molar-refractivity contribution is 5.96. The second kappa shape index (κ2) is 9.93. The predicted molar refractivity (Wildman–Crippen MR) is 120 cm³/mol. The number of para-hydroxylation sites is 1. The number of rotatable bonds is 9. The second-order valence-corrected chi connectivity index (χ2v) is 7.38. The van der Waals surface area contributed by atoms with Crippen LogP contribution in [0, 0.1) is 13.5 Å². The van der Waals surface area contributed by atoms with Crippen molar-refractivity contribution in [2.75, 3.05) is 25.1 Å². The molecule has 6 heteroatoms. The minimum Gasteiger partial charge on any atom is -0.496 e. The Morgan fingerprint density at radius 3 is 2.70 bits per heavy atom. The molecule has 0 N–H and O–H groups in total. The number of fused-ring (bicyclic) bond motifs is 1. The molecule has 0 radical (unpaired) electrons. The number of imidazole rings is 1. The molecule has 3 aromatic rings. The Hall–Kier alpha value is -3.33. The van der Waals surface area contributed by atoms with Crippen LogP contribution in [0.25, 0.3) is 21.7 Å². The van der Waals surface area contributed by atoms with Gasteiger partial charge in [-0.3, -0.25) is 14.1 Å². The number of anilines is 1. The van der Waals surface area contributed by atoms with Crippen LogP contribution in [0.5, 0.6) is 5.75 Å². The number of benzene rings is 1. The lowest BCUT2D eigenvalue weighted by Gasteiger charge is -2.22. The molecular weight excluding hydrogens is 376 g/mol. The van der Waals surface area contributed by atoms with E-state index in [2.05, 4.69) is 4.85 Å². The van der Waals surface area contributed by atoms with E-state index in [-0.39, 0.29) is 5.91 Å². The average molecular weight is 405 g/mol. The van der Waals surface area contributed by atoms with Gasteiger partial charge in [-0.25, -0.2) is 11.6 Å². The van der Waals surface area contributed by atoms with Crippen molar-refractivity contribution in [2.24, 2.45) is 0 Å². The van der Waals surface area contributed by atoms with Gasteiger partial charge in [0.15, 0.2) is 0 Å². The van der Waals surface area contributed by atoms with Crippen LogP contribution in [0.1, 0.15) is 38.2 Å². The van der Waals surface area contributed by atoms with E-state index in [0.717, 1.165) is 59.7 Å². The van der Waals surface area contributed by atoms with Gasteiger partial charge in [0.25, 0.3) is 0 Å². The van der Waals surface area contributed by atoms with Gasteiger partial charge >= 0.3 is 0 Å². The first-order valence-corrected chi connectivity index (χ1v) is 10.3. The van der Waals surface area contributed by atoms with Crippen molar-refractivity contribution in [1.29, 1.82) is 0 Å². The van der Waals surface area contributed by atoms with Crippen molar-refractivity contribution in [2.45, 2.75) is 39.5 Å². The van der Waals surface area contributed by atoms with E-state index >= 15 is 0 Å². The van der Waals surface area contributed by atoms with Crippen molar-refractivity contribution in [3.63, 3.8) is 0 Å². The Kier molecular flexibility index (Phi) is 7.08. The van der Waals surface area contributed by atoms with Crippen LogP contribution in [-0.2, 0) is 4.79 Å². The molecular formula is C24H28N4O2. The molecule has 3 rings (SSSR count). The molecule has 0 aliphatic rings. The van der Waals surface area contributed by atoms with Gasteiger partial charge in [0.05, 0.1) is 7.11 Å². The fourth-order valence-corrected chi connectivity index (χ4v) is 3.64. The highest BCUT2D eigenvalue weighted by atomic mass is 16.5. The Bertz CT molecular complexity index is 1060. The van der Waals surface area contributed by atoms with E-state index in [9.17, 15) is 4.79 Å². The third-order valence-electron chi connectivity index (χ3n) is 5.16. The fourth-order valence-electron chi connectivity index (χ4n) is 3.64. The third kappa shape index (κ3) is 4.62. The third-order valence-corrected chi connectivity index (χ3v) is 5.16. The first-order chi connectivity index (χ1) is 14.6. The molecule has 0 bridgehead atoms. The minimum atomic E-state index is -0.0188. The molecule has 6 nitrogen and oxygen atoms in total. The zero-order valence-corrected chi connectivity index (χ0v) is 17.9. The fraction of sp³-hybridized carbons (Fsp3) is 0.375. The number of ether oxygens (including phenoxy) is 1. The number of pyridine rings is 1. The highest BCUT2D eigenvalue weighted by Gasteiger charge is 2.24. The monoisotopic (exact) mass is 404 g/mol. The lowest BCUT2D eigenvalue weighted by atomic mass is 10.1. The van der Waals surface area contributed by atoms with E-state index in [0.29, 0.717) is 13.1 Å². The van der Waals surface area contributed by atoms with Crippen LogP contribution >= 0.6 is 0 Å². The van der Waals surface area contributed by atoms with E-state index in [4.69, 9.17) is 16.3 Å². The van der Waals surface area contributed by atoms with Crippen LogP contribution in [0.2, 0.25) is 0 Å². The molecule has 2 heterocycles. The molecule has 0 spiro atoms. The lowest BCUT2D eigenvalue weighted by molar-refractivity contribution is -0.116. The second-order valence-electron chi connectivity index (χ2n) is 7.38. The summed E-state index contributed by atoms with van der Waals surface area (Å²) in [6.45, 7) is 11.7. The minimum absolute atomic E-state index is 0.0188. The van der Waals surface area contributed by atoms with Gasteiger partial charge in [-0.1, -0.05) is 18.6 Å². The van der Waals surface area contributed by atoms with E-state index in [1.807, 2.05) is 58.8 Å². The largest absolute Gasteiger partial charge is 0.496 e. The first-order valence-electron chi connectivity index (χ1n) is 10.3. The molecule has 1 aromatic carbocycles. The summed E-state index contributed by atoms with van der Waals surface area (Å²) >= 11 is 0. The topological polar surface area (TPSA) is 51.2 Å². The summed E-state index contributed by atoms with van der Waals surface area (Å²) < 4.78 is 7.56. The van der Waals surface area contributed by atoms with Gasteiger partial charge < -0.3 is 9.58 Å². The Morgan fingerprint density at radius 2 is 1.97 bits per heavy atom. The summed E-state index contributed by atoms with van der Waals surface area (Å²) in [4.78, 5) is 22.8. The number of aryl methyl sites for hydroxylation is 1. The van der Waals surface area contributed by atoms with Crippen LogP contribution in [-0.4, -0.2) is 35.5 Å². The van der Waals surface area contributed by atoms with Gasteiger partial charge in [0, 0.05) is 31.6 Å². The number of hydrogen-bond acceptors (Lipinski definition) is 3. The molecule has 156 valence electrons. The Balaban J connectivity index is 2.03. The maximum absolute atomic E-state index is 12.7. The average Bonchev–Trinajstić information content (AvgIpc) is 3.10. The SMILES string of the molecule is [C-]#[N+]CCCCCCN(C(C)=O)c1c(-c2ccccc2OC)nc2cc(C)ccn12. The molecule has 0 aliphatic carbocycles. The van der Waals surface area contributed by atoms with Crippen LogP contribution < -0.4 is 9.64 Å². The molecule has 1 amide bonds. The standard InChI is InChI=1S/C24H28N4O2/c1-18-13-16-28-22(17-18)26-23(20-11-7-8-12-21(20)30-4)24(28)27(19(2)29)15-10-6-5-9-14-25-3/h7-8,11-13,16-17H,5-6,9-10,14-15H2,1-2,4H3. The number of carbonyl (C=O) groups is 1. The number of carbonyl (C=O) groups excluding carboxylic acids is 1. The quantitative estimate of drug-likeness (QED) is 0.366. The van der Waals surface area contributed by atoms with Gasteiger partial charge in [-0.15, -0.1) is 0 Å². The Morgan fingerprint density at radius 1 is 1.20 bits per heavy atom.